The van der Waals surface area contributed by atoms with Crippen LogP contribution in [-0.2, 0) is 34.9 Å². The van der Waals surface area contributed by atoms with Gasteiger partial charge in [-0.2, -0.15) is 0 Å². The number of aromatic nitrogens is 2. The molecule has 0 saturated heterocycles. The van der Waals surface area contributed by atoms with Gasteiger partial charge >= 0.3 is 0 Å². The zero-order valence-corrected chi connectivity index (χ0v) is 22.0. The Kier molecular flexibility index (Phi) is 7.38. The van der Waals surface area contributed by atoms with Gasteiger partial charge in [-0.1, -0.05) is 60.1 Å². The van der Waals surface area contributed by atoms with Crippen LogP contribution >= 0.6 is 11.6 Å². The molecule has 2 N–H and O–H groups in total. The van der Waals surface area contributed by atoms with Gasteiger partial charge in [-0.15, -0.1) is 0 Å². The first-order valence-corrected chi connectivity index (χ1v) is 13.8. The van der Waals surface area contributed by atoms with Crippen LogP contribution in [-0.4, -0.2) is 34.4 Å². The van der Waals surface area contributed by atoms with Crippen molar-refractivity contribution in [3.8, 4) is 16.8 Å². The van der Waals surface area contributed by atoms with Crippen LogP contribution in [0.2, 0.25) is 5.02 Å². The molecule has 0 aliphatic heterocycles. The Labute approximate surface area is 216 Å². The van der Waals surface area contributed by atoms with Crippen molar-refractivity contribution in [2.75, 3.05) is 6.26 Å². The molecule has 0 aliphatic carbocycles. The Balaban J connectivity index is 1.82. The first kappa shape index (κ1) is 26.1. The van der Waals surface area contributed by atoms with Gasteiger partial charge in [0, 0.05) is 23.9 Å². The van der Waals surface area contributed by atoms with Gasteiger partial charge in [-0.05, 0) is 60.7 Å². The first-order chi connectivity index (χ1) is 17.0. The SMILES string of the molecule is CC(C)(O)c1cn(-c2ccc(-c3ccc(CO)cc3)cc2S(C)(=O)=O)c(CCc2ccccc2Cl)n1. The monoisotopic (exact) mass is 524 g/mol. The van der Waals surface area contributed by atoms with Gasteiger partial charge in [0.15, 0.2) is 9.84 Å². The number of rotatable bonds is 8. The quantitative estimate of drug-likeness (QED) is 0.334. The summed E-state index contributed by atoms with van der Waals surface area (Å²) in [7, 11) is -3.61. The minimum absolute atomic E-state index is 0.0606. The van der Waals surface area contributed by atoms with Crippen molar-refractivity contribution in [2.45, 2.75) is 43.8 Å². The van der Waals surface area contributed by atoms with Gasteiger partial charge in [0.1, 0.15) is 11.4 Å². The van der Waals surface area contributed by atoms with Crippen molar-refractivity contribution < 1.29 is 18.6 Å². The fourth-order valence-electron chi connectivity index (χ4n) is 4.04. The van der Waals surface area contributed by atoms with Crippen molar-refractivity contribution in [2.24, 2.45) is 0 Å². The summed E-state index contributed by atoms with van der Waals surface area (Å²) in [6.07, 6.45) is 3.97. The summed E-state index contributed by atoms with van der Waals surface area (Å²) in [6.45, 7) is 3.23. The number of aliphatic hydroxyl groups is 2. The maximum Gasteiger partial charge on any atom is 0.177 e. The van der Waals surface area contributed by atoms with Crippen molar-refractivity contribution >= 4 is 21.4 Å². The van der Waals surface area contributed by atoms with Crippen LogP contribution < -0.4 is 0 Å². The van der Waals surface area contributed by atoms with Gasteiger partial charge in [0.25, 0.3) is 0 Å². The summed E-state index contributed by atoms with van der Waals surface area (Å²) in [5.41, 5.74) is 3.02. The molecule has 0 unspecified atom stereocenters. The van der Waals surface area contributed by atoms with Crippen LogP contribution in [0.4, 0.5) is 0 Å². The third-order valence-electron chi connectivity index (χ3n) is 6.07. The lowest BCUT2D eigenvalue weighted by Crippen LogP contribution is -2.16. The Morgan fingerprint density at radius 1 is 0.972 bits per heavy atom. The normalized spacial score (nSPS) is 12.2. The van der Waals surface area contributed by atoms with Gasteiger partial charge in [-0.3, -0.25) is 0 Å². The molecular formula is C28H29ClN2O4S. The minimum atomic E-state index is -3.61. The molecule has 36 heavy (non-hydrogen) atoms. The molecule has 4 rings (SSSR count). The van der Waals surface area contributed by atoms with Crippen LogP contribution in [0.25, 0.3) is 16.8 Å². The number of nitrogens with zero attached hydrogens (tertiary/aromatic N) is 2. The second kappa shape index (κ2) is 10.2. The van der Waals surface area contributed by atoms with E-state index in [0.29, 0.717) is 35.1 Å². The van der Waals surface area contributed by atoms with Crippen molar-refractivity contribution in [1.29, 1.82) is 0 Å². The molecule has 8 heteroatoms. The molecular weight excluding hydrogens is 496 g/mol. The molecule has 0 fully saturated rings. The van der Waals surface area contributed by atoms with E-state index < -0.39 is 15.4 Å². The predicted molar refractivity (Wildman–Crippen MR) is 142 cm³/mol. The molecule has 0 aliphatic rings. The molecule has 188 valence electrons. The molecule has 3 aromatic carbocycles. The highest BCUT2D eigenvalue weighted by molar-refractivity contribution is 7.90. The lowest BCUT2D eigenvalue weighted by molar-refractivity contribution is 0.0741. The van der Waals surface area contributed by atoms with Crippen LogP contribution in [0.15, 0.2) is 77.8 Å². The van der Waals surface area contributed by atoms with Crippen LogP contribution in [0.1, 0.15) is 36.5 Å². The fraction of sp³-hybridized carbons (Fsp3) is 0.250. The van der Waals surface area contributed by atoms with E-state index >= 15 is 0 Å². The van der Waals surface area contributed by atoms with Crippen LogP contribution in [0.5, 0.6) is 0 Å². The average molecular weight is 525 g/mol. The molecule has 0 atom stereocenters. The molecule has 1 heterocycles. The molecule has 0 saturated carbocycles. The van der Waals surface area contributed by atoms with Crippen LogP contribution in [0, 0.1) is 0 Å². The molecule has 0 spiro atoms. The van der Waals surface area contributed by atoms with E-state index in [2.05, 4.69) is 4.98 Å². The number of hydrogen-bond acceptors (Lipinski definition) is 5. The Morgan fingerprint density at radius 3 is 2.25 bits per heavy atom. The fourth-order valence-corrected chi connectivity index (χ4v) is 5.16. The van der Waals surface area contributed by atoms with E-state index in [-0.39, 0.29) is 11.5 Å². The van der Waals surface area contributed by atoms with E-state index in [0.717, 1.165) is 22.3 Å². The summed E-state index contributed by atoms with van der Waals surface area (Å²) < 4.78 is 27.6. The number of imidazole rings is 1. The number of halogens is 1. The molecule has 0 radical (unpaired) electrons. The smallest absolute Gasteiger partial charge is 0.177 e. The Bertz CT molecular complexity index is 1490. The van der Waals surface area contributed by atoms with Crippen molar-refractivity contribution in [3.63, 3.8) is 0 Å². The van der Waals surface area contributed by atoms with E-state index in [1.54, 1.807) is 36.7 Å². The predicted octanol–water partition coefficient (Wildman–Crippen LogP) is 5.10. The maximum absolute atomic E-state index is 12.9. The van der Waals surface area contributed by atoms with E-state index in [1.165, 1.54) is 6.26 Å². The van der Waals surface area contributed by atoms with Gasteiger partial charge in [0.2, 0.25) is 0 Å². The van der Waals surface area contributed by atoms with Crippen molar-refractivity contribution in [1.82, 2.24) is 9.55 Å². The minimum Gasteiger partial charge on any atom is -0.392 e. The summed E-state index contributed by atoms with van der Waals surface area (Å²) in [6, 6.07) is 20.2. The maximum atomic E-state index is 12.9. The number of sulfone groups is 1. The standard InChI is InChI=1S/C28H29ClN2O4S/c1-28(2,33)26-17-31(27(30-26)15-13-21-6-4-5-7-23(21)29)24-14-12-22(16-25(24)36(3,34)35)20-10-8-19(18-32)9-11-20/h4-12,14,16-17,32-33H,13,15,18H2,1-3H3. The summed E-state index contributed by atoms with van der Waals surface area (Å²) in [5, 5.41) is 20.6. The Morgan fingerprint density at radius 2 is 1.64 bits per heavy atom. The zero-order valence-electron chi connectivity index (χ0n) is 20.4. The summed E-state index contributed by atoms with van der Waals surface area (Å²) >= 11 is 6.34. The largest absolute Gasteiger partial charge is 0.392 e. The van der Waals surface area contributed by atoms with E-state index in [1.807, 2.05) is 54.6 Å². The number of benzene rings is 3. The number of aliphatic hydroxyl groups excluding tert-OH is 1. The summed E-state index contributed by atoms with van der Waals surface area (Å²) in [5.74, 6) is 0.622. The summed E-state index contributed by atoms with van der Waals surface area (Å²) in [4.78, 5) is 4.83. The third kappa shape index (κ3) is 5.71. The molecule has 4 aromatic rings. The molecule has 1 aromatic heterocycles. The highest BCUT2D eigenvalue weighted by Crippen LogP contribution is 2.31. The molecule has 6 nitrogen and oxygen atoms in total. The van der Waals surface area contributed by atoms with Gasteiger partial charge < -0.3 is 14.8 Å². The first-order valence-electron chi connectivity index (χ1n) is 11.6. The highest BCUT2D eigenvalue weighted by Gasteiger charge is 2.25. The lowest BCUT2D eigenvalue weighted by atomic mass is 10.0. The lowest BCUT2D eigenvalue weighted by Gasteiger charge is -2.15. The third-order valence-corrected chi connectivity index (χ3v) is 7.56. The van der Waals surface area contributed by atoms with Crippen molar-refractivity contribution in [3.05, 3.63) is 101 Å². The van der Waals surface area contributed by atoms with Crippen LogP contribution in [0.3, 0.4) is 0 Å². The molecule has 0 bridgehead atoms. The average Bonchev–Trinajstić information content (AvgIpc) is 3.27. The second-order valence-corrected chi connectivity index (χ2v) is 11.8. The van der Waals surface area contributed by atoms with E-state index in [4.69, 9.17) is 11.6 Å². The van der Waals surface area contributed by atoms with E-state index in [9.17, 15) is 18.6 Å². The zero-order chi connectivity index (χ0) is 26.1. The number of aryl methyl sites for hydroxylation is 2. The Hall–Kier alpha value is -2.97. The number of hydrogen-bond donors (Lipinski definition) is 2. The van der Waals surface area contributed by atoms with Gasteiger partial charge in [0.05, 0.1) is 22.9 Å². The van der Waals surface area contributed by atoms with Gasteiger partial charge in [-0.25, -0.2) is 13.4 Å². The molecule has 0 amide bonds. The second-order valence-electron chi connectivity index (χ2n) is 9.37. The highest BCUT2D eigenvalue weighted by atomic mass is 35.5. The topological polar surface area (TPSA) is 92.4 Å².